The second-order valence-electron chi connectivity index (χ2n) is 4.63. The van der Waals surface area contributed by atoms with E-state index in [0.717, 1.165) is 0 Å². The van der Waals surface area contributed by atoms with Gasteiger partial charge in [-0.05, 0) is 23.8 Å². The minimum atomic E-state index is 1.18. The van der Waals surface area contributed by atoms with E-state index in [1.54, 1.807) is 0 Å². The zero-order valence-corrected chi connectivity index (χ0v) is 10.3. The molecule has 2 aromatic carbocycles. The van der Waals surface area contributed by atoms with E-state index in [-0.39, 0.29) is 0 Å². The molecule has 0 bridgehead atoms. The topological polar surface area (TPSA) is 28.7 Å². The quantitative estimate of drug-likeness (QED) is 0.528. The molecule has 0 fully saturated rings. The summed E-state index contributed by atoms with van der Waals surface area (Å²) in [5.74, 6) is 0. The maximum atomic E-state index is 4.08. The lowest BCUT2D eigenvalue weighted by Crippen LogP contribution is -1.80. The van der Waals surface area contributed by atoms with Gasteiger partial charge in [-0.25, -0.2) is 0 Å². The average Bonchev–Trinajstić information content (AvgIpc) is 2.87. The van der Waals surface area contributed by atoms with Crippen molar-refractivity contribution < 1.29 is 0 Å². The highest BCUT2D eigenvalue weighted by Gasteiger charge is 2.08. The van der Waals surface area contributed by atoms with Gasteiger partial charge in [0.05, 0.1) is 5.52 Å². The molecule has 2 heterocycles. The number of H-pyrrole nitrogens is 1. The molecule has 0 radical (unpaired) electrons. The van der Waals surface area contributed by atoms with Crippen molar-refractivity contribution in [3.8, 4) is 11.1 Å². The standard InChI is InChI=1S/C17H12N2/c1-2-7-16-14(4-1)15-6-3-5-13(17(15)19-16)12-8-10-18-11-9-12/h1-11,19H. The molecule has 90 valence electrons. The third-order valence-electron chi connectivity index (χ3n) is 3.53. The predicted molar refractivity (Wildman–Crippen MR) is 79.0 cm³/mol. The van der Waals surface area contributed by atoms with Gasteiger partial charge in [0.15, 0.2) is 0 Å². The summed E-state index contributed by atoms with van der Waals surface area (Å²) < 4.78 is 0. The summed E-state index contributed by atoms with van der Waals surface area (Å²) >= 11 is 0. The van der Waals surface area contributed by atoms with Crippen LogP contribution in [0.25, 0.3) is 32.9 Å². The van der Waals surface area contributed by atoms with Crippen LogP contribution in [0, 0.1) is 0 Å². The van der Waals surface area contributed by atoms with Crippen LogP contribution in [0.3, 0.4) is 0 Å². The normalized spacial score (nSPS) is 11.2. The second kappa shape index (κ2) is 3.95. The van der Waals surface area contributed by atoms with E-state index in [9.17, 15) is 0 Å². The molecule has 1 N–H and O–H groups in total. The van der Waals surface area contributed by atoms with Gasteiger partial charge in [0.25, 0.3) is 0 Å². The van der Waals surface area contributed by atoms with Crippen molar-refractivity contribution >= 4 is 21.8 Å². The van der Waals surface area contributed by atoms with Gasteiger partial charge in [0, 0.05) is 34.2 Å². The van der Waals surface area contributed by atoms with E-state index in [1.165, 1.54) is 32.9 Å². The van der Waals surface area contributed by atoms with Crippen LogP contribution < -0.4 is 0 Å². The summed E-state index contributed by atoms with van der Waals surface area (Å²) in [4.78, 5) is 7.61. The molecule has 19 heavy (non-hydrogen) atoms. The Hall–Kier alpha value is -2.61. The molecule has 4 rings (SSSR count). The SMILES string of the molecule is c1ccc2c(c1)[nH]c1c(-c3ccncc3)cccc12. The van der Waals surface area contributed by atoms with Crippen LogP contribution in [0.5, 0.6) is 0 Å². The van der Waals surface area contributed by atoms with E-state index in [2.05, 4.69) is 52.4 Å². The average molecular weight is 244 g/mol. The lowest BCUT2D eigenvalue weighted by Gasteiger charge is -2.02. The highest BCUT2D eigenvalue weighted by molar-refractivity contribution is 6.11. The molecule has 0 atom stereocenters. The number of aromatic amines is 1. The maximum absolute atomic E-state index is 4.08. The van der Waals surface area contributed by atoms with Gasteiger partial charge < -0.3 is 4.98 Å². The van der Waals surface area contributed by atoms with Gasteiger partial charge in [0.1, 0.15) is 0 Å². The molecule has 0 spiro atoms. The Morgan fingerprint density at radius 2 is 1.53 bits per heavy atom. The third kappa shape index (κ3) is 1.54. The molecule has 0 aliphatic heterocycles. The van der Waals surface area contributed by atoms with Gasteiger partial charge in [-0.2, -0.15) is 0 Å². The first-order valence-corrected chi connectivity index (χ1v) is 6.33. The molecular formula is C17H12N2. The Labute approximate surface area is 110 Å². The molecule has 0 saturated heterocycles. The van der Waals surface area contributed by atoms with E-state index < -0.39 is 0 Å². The number of pyridine rings is 1. The second-order valence-corrected chi connectivity index (χ2v) is 4.63. The molecule has 0 unspecified atom stereocenters. The Kier molecular flexibility index (Phi) is 2.15. The predicted octanol–water partition coefficient (Wildman–Crippen LogP) is 4.38. The summed E-state index contributed by atoms with van der Waals surface area (Å²) in [6.45, 7) is 0. The molecule has 2 aromatic heterocycles. The monoisotopic (exact) mass is 244 g/mol. The number of aromatic nitrogens is 2. The fourth-order valence-electron chi connectivity index (χ4n) is 2.65. The number of nitrogens with zero attached hydrogens (tertiary/aromatic N) is 1. The van der Waals surface area contributed by atoms with Gasteiger partial charge in [-0.1, -0.05) is 36.4 Å². The summed E-state index contributed by atoms with van der Waals surface area (Å²) in [5, 5.41) is 2.54. The highest BCUT2D eigenvalue weighted by Crippen LogP contribution is 2.32. The number of rotatable bonds is 1. The molecule has 0 aliphatic rings. The number of fused-ring (bicyclic) bond motifs is 3. The first kappa shape index (κ1) is 10.3. The number of nitrogens with one attached hydrogen (secondary N) is 1. The minimum absolute atomic E-state index is 1.18. The Balaban J connectivity index is 2.13. The van der Waals surface area contributed by atoms with Crippen molar-refractivity contribution in [1.29, 1.82) is 0 Å². The minimum Gasteiger partial charge on any atom is -0.354 e. The van der Waals surface area contributed by atoms with Crippen molar-refractivity contribution in [2.75, 3.05) is 0 Å². The van der Waals surface area contributed by atoms with Gasteiger partial charge >= 0.3 is 0 Å². The molecule has 2 nitrogen and oxygen atoms in total. The zero-order valence-electron chi connectivity index (χ0n) is 10.3. The third-order valence-corrected chi connectivity index (χ3v) is 3.53. The fourth-order valence-corrected chi connectivity index (χ4v) is 2.65. The van der Waals surface area contributed by atoms with E-state index >= 15 is 0 Å². The van der Waals surface area contributed by atoms with Crippen molar-refractivity contribution in [3.63, 3.8) is 0 Å². The summed E-state index contributed by atoms with van der Waals surface area (Å²) in [6, 6.07) is 18.9. The van der Waals surface area contributed by atoms with Crippen molar-refractivity contribution in [2.24, 2.45) is 0 Å². The summed E-state index contributed by atoms with van der Waals surface area (Å²) in [5.41, 5.74) is 4.78. The van der Waals surface area contributed by atoms with Crippen LogP contribution in [0.2, 0.25) is 0 Å². The van der Waals surface area contributed by atoms with Crippen LogP contribution in [0.1, 0.15) is 0 Å². The lowest BCUT2D eigenvalue weighted by molar-refractivity contribution is 1.33. The maximum Gasteiger partial charge on any atom is 0.0544 e. The first-order valence-electron chi connectivity index (χ1n) is 6.33. The first-order chi connectivity index (χ1) is 9.43. The number of para-hydroxylation sites is 2. The summed E-state index contributed by atoms with van der Waals surface area (Å²) in [6.07, 6.45) is 3.66. The molecule has 0 amide bonds. The molecular weight excluding hydrogens is 232 g/mol. The van der Waals surface area contributed by atoms with Crippen LogP contribution in [0.4, 0.5) is 0 Å². The van der Waals surface area contributed by atoms with E-state index in [0.29, 0.717) is 0 Å². The number of hydrogen-bond donors (Lipinski definition) is 1. The van der Waals surface area contributed by atoms with Crippen LogP contribution in [-0.2, 0) is 0 Å². The van der Waals surface area contributed by atoms with Crippen molar-refractivity contribution in [1.82, 2.24) is 9.97 Å². The van der Waals surface area contributed by atoms with Crippen LogP contribution in [0.15, 0.2) is 67.0 Å². The fraction of sp³-hybridized carbons (Fsp3) is 0. The van der Waals surface area contributed by atoms with Gasteiger partial charge in [0.2, 0.25) is 0 Å². The largest absolute Gasteiger partial charge is 0.354 e. The van der Waals surface area contributed by atoms with Crippen molar-refractivity contribution in [3.05, 3.63) is 67.0 Å². The Morgan fingerprint density at radius 3 is 2.42 bits per heavy atom. The molecule has 0 aliphatic carbocycles. The Morgan fingerprint density at radius 1 is 0.737 bits per heavy atom. The van der Waals surface area contributed by atoms with E-state index in [4.69, 9.17) is 0 Å². The number of benzene rings is 2. The Bertz CT molecular complexity index is 860. The van der Waals surface area contributed by atoms with Gasteiger partial charge in [-0.15, -0.1) is 0 Å². The van der Waals surface area contributed by atoms with E-state index in [1.807, 2.05) is 24.5 Å². The molecule has 4 aromatic rings. The van der Waals surface area contributed by atoms with Crippen LogP contribution >= 0.6 is 0 Å². The van der Waals surface area contributed by atoms with Crippen LogP contribution in [-0.4, -0.2) is 9.97 Å². The smallest absolute Gasteiger partial charge is 0.0544 e. The van der Waals surface area contributed by atoms with Crippen molar-refractivity contribution in [2.45, 2.75) is 0 Å². The zero-order chi connectivity index (χ0) is 12.7. The lowest BCUT2D eigenvalue weighted by atomic mass is 10.0. The van der Waals surface area contributed by atoms with Gasteiger partial charge in [-0.3, -0.25) is 4.98 Å². The highest BCUT2D eigenvalue weighted by atomic mass is 14.7. The summed E-state index contributed by atoms with van der Waals surface area (Å²) in [7, 11) is 0. The number of hydrogen-bond acceptors (Lipinski definition) is 1. The molecule has 2 heteroatoms. The molecule has 0 saturated carbocycles.